The van der Waals surface area contributed by atoms with Crippen LogP contribution in [0.2, 0.25) is 0 Å². The fourth-order valence-corrected chi connectivity index (χ4v) is 5.32. The fourth-order valence-electron chi connectivity index (χ4n) is 5.32. The maximum Gasteiger partial charge on any atom is 0.261 e. The molecule has 1 unspecified atom stereocenters. The molecule has 212 valence electrons. The number of carbonyl (C=O) groups is 2. The molecular weight excluding hydrogens is 500 g/mol. The number of para-hydroxylation sites is 1. The van der Waals surface area contributed by atoms with E-state index < -0.39 is 6.04 Å². The molecule has 6 nitrogen and oxygen atoms in total. The molecule has 1 N–H and O–H groups in total. The summed E-state index contributed by atoms with van der Waals surface area (Å²) < 4.78 is 11.6. The molecule has 1 aliphatic carbocycles. The molecule has 6 heteroatoms. The minimum atomic E-state index is -0.692. The van der Waals surface area contributed by atoms with Crippen LogP contribution in [-0.4, -0.2) is 42.5 Å². The number of ether oxygens (including phenoxy) is 2. The molecule has 0 spiro atoms. The number of rotatable bonds is 11. The van der Waals surface area contributed by atoms with E-state index in [1.807, 2.05) is 78.9 Å². The molecule has 0 bridgehead atoms. The zero-order valence-electron chi connectivity index (χ0n) is 24.2. The van der Waals surface area contributed by atoms with Gasteiger partial charge in [-0.2, -0.15) is 0 Å². The van der Waals surface area contributed by atoms with Crippen molar-refractivity contribution < 1.29 is 19.1 Å². The van der Waals surface area contributed by atoms with Crippen LogP contribution in [0.15, 0.2) is 78.9 Å². The van der Waals surface area contributed by atoms with Crippen LogP contribution in [0.4, 0.5) is 0 Å². The largest absolute Gasteiger partial charge is 0.497 e. The highest BCUT2D eigenvalue weighted by atomic mass is 16.5. The molecule has 0 radical (unpaired) electrons. The Morgan fingerprint density at radius 3 is 2.30 bits per heavy atom. The Balaban J connectivity index is 1.65. The number of hydrogen-bond donors (Lipinski definition) is 1. The van der Waals surface area contributed by atoms with Crippen molar-refractivity contribution in [2.24, 2.45) is 0 Å². The van der Waals surface area contributed by atoms with Crippen LogP contribution in [0.5, 0.6) is 11.5 Å². The van der Waals surface area contributed by atoms with Crippen molar-refractivity contribution in [2.45, 2.75) is 76.9 Å². The molecule has 3 aromatic rings. The van der Waals surface area contributed by atoms with Crippen molar-refractivity contribution in [2.75, 3.05) is 13.7 Å². The second-order valence-corrected chi connectivity index (χ2v) is 11.6. The number of nitrogens with one attached hydrogen (secondary N) is 1. The predicted octanol–water partition coefficient (Wildman–Crippen LogP) is 6.07. The third-order valence-corrected chi connectivity index (χ3v) is 7.51. The Morgan fingerprint density at radius 1 is 0.925 bits per heavy atom. The van der Waals surface area contributed by atoms with Gasteiger partial charge in [0, 0.05) is 19.0 Å². The number of benzene rings is 3. The summed E-state index contributed by atoms with van der Waals surface area (Å²) in [4.78, 5) is 29.5. The standard InChI is InChI=1S/C34H42N2O4/c1-34(2,3)29-19-10-11-20-31(29)40-24-32(37)36(23-26-15-12-18-28(21-26)39-4)30(22-25-13-6-5-7-14-25)33(38)35-27-16-8-9-17-27/h5-7,10-15,18-21,27,30H,8-9,16-17,22-24H2,1-4H3,(H,35,38). The van der Waals surface area contributed by atoms with E-state index in [4.69, 9.17) is 9.47 Å². The molecule has 1 aliphatic rings. The van der Waals surface area contributed by atoms with Gasteiger partial charge in [-0.1, -0.05) is 94.3 Å². The maximum absolute atomic E-state index is 14.0. The molecule has 0 heterocycles. The summed E-state index contributed by atoms with van der Waals surface area (Å²) in [5.41, 5.74) is 2.77. The summed E-state index contributed by atoms with van der Waals surface area (Å²) >= 11 is 0. The first-order valence-electron chi connectivity index (χ1n) is 14.2. The van der Waals surface area contributed by atoms with Crippen LogP contribution in [0, 0.1) is 0 Å². The summed E-state index contributed by atoms with van der Waals surface area (Å²) in [6.45, 7) is 6.45. The van der Waals surface area contributed by atoms with Crippen LogP contribution >= 0.6 is 0 Å². The molecule has 4 rings (SSSR count). The second kappa shape index (κ2) is 13.5. The topological polar surface area (TPSA) is 67.9 Å². The van der Waals surface area contributed by atoms with E-state index in [-0.39, 0.29) is 36.4 Å². The van der Waals surface area contributed by atoms with Crippen LogP contribution in [0.3, 0.4) is 0 Å². The lowest BCUT2D eigenvalue weighted by Crippen LogP contribution is -2.53. The summed E-state index contributed by atoms with van der Waals surface area (Å²) in [7, 11) is 1.62. The van der Waals surface area contributed by atoms with E-state index in [9.17, 15) is 9.59 Å². The summed E-state index contributed by atoms with van der Waals surface area (Å²) in [6.07, 6.45) is 4.58. The first-order chi connectivity index (χ1) is 19.2. The average Bonchev–Trinajstić information content (AvgIpc) is 3.47. The molecule has 3 aromatic carbocycles. The average molecular weight is 543 g/mol. The molecule has 1 fully saturated rings. The van der Waals surface area contributed by atoms with Gasteiger partial charge in [-0.25, -0.2) is 0 Å². The van der Waals surface area contributed by atoms with Gasteiger partial charge in [0.05, 0.1) is 7.11 Å². The normalized spacial score (nSPS) is 14.4. The zero-order valence-corrected chi connectivity index (χ0v) is 24.2. The number of methoxy groups -OCH3 is 1. The van der Waals surface area contributed by atoms with Crippen molar-refractivity contribution in [3.63, 3.8) is 0 Å². The lowest BCUT2D eigenvalue weighted by atomic mass is 9.86. The summed E-state index contributed by atoms with van der Waals surface area (Å²) in [5, 5.41) is 3.25. The Kier molecular flexibility index (Phi) is 9.86. The van der Waals surface area contributed by atoms with Gasteiger partial charge in [0.15, 0.2) is 6.61 Å². The number of carbonyl (C=O) groups excluding carboxylic acids is 2. The van der Waals surface area contributed by atoms with Crippen LogP contribution in [0.1, 0.15) is 63.1 Å². The van der Waals surface area contributed by atoms with Crippen molar-refractivity contribution in [1.29, 1.82) is 0 Å². The minimum Gasteiger partial charge on any atom is -0.497 e. The van der Waals surface area contributed by atoms with Crippen molar-refractivity contribution in [1.82, 2.24) is 10.2 Å². The summed E-state index contributed by atoms with van der Waals surface area (Å²) in [6, 6.07) is 24.8. The number of hydrogen-bond acceptors (Lipinski definition) is 4. The molecule has 0 aromatic heterocycles. The zero-order chi connectivity index (χ0) is 28.5. The fraction of sp³-hybridized carbons (Fsp3) is 0.412. The van der Waals surface area contributed by atoms with Crippen molar-refractivity contribution in [3.05, 3.63) is 95.6 Å². The molecule has 0 aliphatic heterocycles. The van der Waals surface area contributed by atoms with Gasteiger partial charge in [-0.3, -0.25) is 9.59 Å². The molecular formula is C34H42N2O4. The van der Waals surface area contributed by atoms with E-state index >= 15 is 0 Å². The SMILES string of the molecule is COc1cccc(CN(C(=O)COc2ccccc2C(C)(C)C)C(Cc2ccccc2)C(=O)NC2CCCC2)c1. The third kappa shape index (κ3) is 7.87. The molecule has 1 atom stereocenters. The van der Waals surface area contributed by atoms with Gasteiger partial charge in [-0.05, 0) is 53.1 Å². The van der Waals surface area contributed by atoms with Gasteiger partial charge in [-0.15, -0.1) is 0 Å². The minimum absolute atomic E-state index is 0.123. The highest BCUT2D eigenvalue weighted by molar-refractivity contribution is 5.88. The van der Waals surface area contributed by atoms with E-state index in [0.717, 1.165) is 42.4 Å². The smallest absolute Gasteiger partial charge is 0.261 e. The van der Waals surface area contributed by atoms with Crippen molar-refractivity contribution >= 4 is 11.8 Å². The van der Waals surface area contributed by atoms with E-state index in [2.05, 4.69) is 26.1 Å². The van der Waals surface area contributed by atoms with Gasteiger partial charge in [0.1, 0.15) is 17.5 Å². The quantitative estimate of drug-likeness (QED) is 0.319. The summed E-state index contributed by atoms with van der Waals surface area (Å²) in [5.74, 6) is 1.02. The van der Waals surface area contributed by atoms with Crippen LogP contribution in [0.25, 0.3) is 0 Å². The Hall–Kier alpha value is -3.80. The number of amides is 2. The number of nitrogens with zero attached hydrogens (tertiary/aromatic N) is 1. The van der Waals surface area contributed by atoms with E-state index in [0.29, 0.717) is 17.9 Å². The van der Waals surface area contributed by atoms with Gasteiger partial charge in [0.2, 0.25) is 5.91 Å². The lowest BCUT2D eigenvalue weighted by molar-refractivity contribution is -0.143. The van der Waals surface area contributed by atoms with E-state index in [1.54, 1.807) is 12.0 Å². The van der Waals surface area contributed by atoms with Crippen LogP contribution in [-0.2, 0) is 28.0 Å². The highest BCUT2D eigenvalue weighted by Gasteiger charge is 2.32. The van der Waals surface area contributed by atoms with Crippen LogP contribution < -0.4 is 14.8 Å². The first kappa shape index (κ1) is 29.2. The predicted molar refractivity (Wildman–Crippen MR) is 159 cm³/mol. The molecule has 2 amide bonds. The third-order valence-electron chi connectivity index (χ3n) is 7.51. The van der Waals surface area contributed by atoms with Gasteiger partial charge < -0.3 is 19.7 Å². The van der Waals surface area contributed by atoms with Gasteiger partial charge >= 0.3 is 0 Å². The first-order valence-corrected chi connectivity index (χ1v) is 14.2. The Labute approximate surface area is 238 Å². The van der Waals surface area contributed by atoms with Gasteiger partial charge in [0.25, 0.3) is 5.91 Å². The molecule has 1 saturated carbocycles. The van der Waals surface area contributed by atoms with Crippen molar-refractivity contribution in [3.8, 4) is 11.5 Å². The second-order valence-electron chi connectivity index (χ2n) is 11.6. The Morgan fingerprint density at radius 2 is 1.60 bits per heavy atom. The lowest BCUT2D eigenvalue weighted by Gasteiger charge is -2.32. The highest BCUT2D eigenvalue weighted by Crippen LogP contribution is 2.31. The molecule has 40 heavy (non-hydrogen) atoms. The monoisotopic (exact) mass is 542 g/mol. The maximum atomic E-state index is 14.0. The van der Waals surface area contributed by atoms with E-state index in [1.165, 1.54) is 0 Å². The molecule has 0 saturated heterocycles. The Bertz CT molecular complexity index is 1260.